The van der Waals surface area contributed by atoms with Gasteiger partial charge in [0.15, 0.2) is 0 Å². The molecule has 3 unspecified atom stereocenters. The van der Waals surface area contributed by atoms with Crippen LogP contribution in [0.15, 0.2) is 0 Å². The number of rotatable bonds is 4. The van der Waals surface area contributed by atoms with Crippen molar-refractivity contribution in [2.45, 2.75) is 47.0 Å². The Bertz CT molecular complexity index is 115. The van der Waals surface area contributed by atoms with Crippen LogP contribution in [0.3, 0.4) is 0 Å². The van der Waals surface area contributed by atoms with E-state index in [4.69, 9.17) is 0 Å². The van der Waals surface area contributed by atoms with E-state index in [0.29, 0.717) is 0 Å². The number of hydrogen-bond donors (Lipinski definition) is 0. The van der Waals surface area contributed by atoms with Crippen LogP contribution in [0.5, 0.6) is 0 Å². The first kappa shape index (κ1) is 9.09. The molecule has 0 heterocycles. The van der Waals surface area contributed by atoms with E-state index in [1.165, 1.54) is 19.3 Å². The molecule has 1 aliphatic carbocycles. The van der Waals surface area contributed by atoms with Crippen molar-refractivity contribution in [3.8, 4) is 0 Å². The predicted octanol–water partition coefficient (Wildman–Crippen LogP) is 3.71. The average molecular weight is 154 g/mol. The first-order valence-corrected chi connectivity index (χ1v) is 5.15. The van der Waals surface area contributed by atoms with E-state index in [9.17, 15) is 0 Å². The van der Waals surface area contributed by atoms with Crippen LogP contribution in [-0.2, 0) is 0 Å². The van der Waals surface area contributed by atoms with Crippen molar-refractivity contribution in [1.82, 2.24) is 0 Å². The summed E-state index contributed by atoms with van der Waals surface area (Å²) in [5, 5.41) is 0. The van der Waals surface area contributed by atoms with E-state index in [1.807, 2.05) is 0 Å². The Morgan fingerprint density at radius 3 is 2.18 bits per heavy atom. The lowest BCUT2D eigenvalue weighted by atomic mass is 9.88. The lowest BCUT2D eigenvalue weighted by Crippen LogP contribution is -2.08. The molecule has 1 rings (SSSR count). The minimum absolute atomic E-state index is 0.896. The van der Waals surface area contributed by atoms with Gasteiger partial charge in [0.25, 0.3) is 0 Å². The fourth-order valence-corrected chi connectivity index (χ4v) is 2.03. The van der Waals surface area contributed by atoms with Crippen LogP contribution in [0.4, 0.5) is 0 Å². The van der Waals surface area contributed by atoms with E-state index in [-0.39, 0.29) is 0 Å². The molecular weight excluding hydrogens is 132 g/mol. The van der Waals surface area contributed by atoms with E-state index in [0.717, 1.165) is 23.7 Å². The van der Waals surface area contributed by atoms with Crippen LogP contribution in [0, 0.1) is 23.7 Å². The molecule has 0 heteroatoms. The van der Waals surface area contributed by atoms with Gasteiger partial charge in [0, 0.05) is 0 Å². The Labute approximate surface area is 71.4 Å². The van der Waals surface area contributed by atoms with Crippen LogP contribution in [0.1, 0.15) is 47.0 Å². The lowest BCUT2D eigenvalue weighted by Gasteiger charge is -2.18. The highest BCUT2D eigenvalue weighted by Crippen LogP contribution is 2.44. The largest absolute Gasteiger partial charge is 0.0651 e. The van der Waals surface area contributed by atoms with Crippen LogP contribution in [0.2, 0.25) is 0 Å². The van der Waals surface area contributed by atoms with Gasteiger partial charge >= 0.3 is 0 Å². The van der Waals surface area contributed by atoms with E-state index < -0.39 is 0 Å². The molecule has 1 aliphatic rings. The fourth-order valence-electron chi connectivity index (χ4n) is 2.03. The molecule has 0 aromatic rings. The van der Waals surface area contributed by atoms with Crippen molar-refractivity contribution < 1.29 is 0 Å². The highest BCUT2D eigenvalue weighted by atomic mass is 14.4. The van der Waals surface area contributed by atoms with Crippen molar-refractivity contribution in [3.05, 3.63) is 0 Å². The third kappa shape index (κ3) is 2.50. The van der Waals surface area contributed by atoms with E-state index in [2.05, 4.69) is 27.7 Å². The molecule has 3 atom stereocenters. The summed E-state index contributed by atoms with van der Waals surface area (Å²) >= 11 is 0. The maximum atomic E-state index is 2.39. The van der Waals surface area contributed by atoms with Crippen LogP contribution in [0.25, 0.3) is 0 Å². The smallest absolute Gasteiger partial charge is 0.0383 e. The summed E-state index contributed by atoms with van der Waals surface area (Å²) in [6.45, 7) is 9.44. The summed E-state index contributed by atoms with van der Waals surface area (Å²) in [7, 11) is 0. The molecule has 0 N–H and O–H groups in total. The predicted molar refractivity (Wildman–Crippen MR) is 50.5 cm³/mol. The average Bonchev–Trinajstić information content (AvgIpc) is 2.61. The fraction of sp³-hybridized carbons (Fsp3) is 1.00. The quantitative estimate of drug-likeness (QED) is 0.579. The number of hydrogen-bond acceptors (Lipinski definition) is 0. The first-order chi connectivity index (χ1) is 5.15. The van der Waals surface area contributed by atoms with Gasteiger partial charge in [-0.1, -0.05) is 34.1 Å². The summed E-state index contributed by atoms with van der Waals surface area (Å²) in [4.78, 5) is 0. The van der Waals surface area contributed by atoms with Gasteiger partial charge in [0.1, 0.15) is 0 Å². The Morgan fingerprint density at radius 1 is 1.36 bits per heavy atom. The molecule has 1 saturated carbocycles. The van der Waals surface area contributed by atoms with Crippen molar-refractivity contribution in [3.63, 3.8) is 0 Å². The van der Waals surface area contributed by atoms with E-state index >= 15 is 0 Å². The van der Waals surface area contributed by atoms with Gasteiger partial charge in [-0.05, 0) is 36.5 Å². The van der Waals surface area contributed by atoms with Crippen LogP contribution >= 0.6 is 0 Å². The Morgan fingerprint density at radius 2 is 1.91 bits per heavy atom. The molecule has 66 valence electrons. The van der Waals surface area contributed by atoms with Gasteiger partial charge in [-0.15, -0.1) is 0 Å². The minimum Gasteiger partial charge on any atom is -0.0651 e. The highest BCUT2D eigenvalue weighted by molar-refractivity contribution is 4.84. The van der Waals surface area contributed by atoms with Gasteiger partial charge < -0.3 is 0 Å². The highest BCUT2D eigenvalue weighted by Gasteiger charge is 2.34. The molecule has 0 bridgehead atoms. The van der Waals surface area contributed by atoms with Gasteiger partial charge in [0.2, 0.25) is 0 Å². The second kappa shape index (κ2) is 3.60. The van der Waals surface area contributed by atoms with E-state index in [1.54, 1.807) is 0 Å². The second-order valence-corrected chi connectivity index (χ2v) is 4.62. The molecular formula is C11H22. The first-order valence-electron chi connectivity index (χ1n) is 5.15. The zero-order chi connectivity index (χ0) is 8.43. The third-order valence-corrected chi connectivity index (χ3v) is 3.35. The molecule has 0 saturated heterocycles. The topological polar surface area (TPSA) is 0 Å². The minimum atomic E-state index is 0.896. The van der Waals surface area contributed by atoms with Gasteiger partial charge in [-0.25, -0.2) is 0 Å². The van der Waals surface area contributed by atoms with Crippen molar-refractivity contribution in [1.29, 1.82) is 0 Å². The SMILES string of the molecule is CCC(CC1CC1C)C(C)C. The van der Waals surface area contributed by atoms with Gasteiger partial charge in [-0.2, -0.15) is 0 Å². The lowest BCUT2D eigenvalue weighted by molar-refractivity contribution is 0.327. The summed E-state index contributed by atoms with van der Waals surface area (Å²) in [6, 6.07) is 0. The summed E-state index contributed by atoms with van der Waals surface area (Å²) in [6.07, 6.45) is 4.37. The zero-order valence-corrected chi connectivity index (χ0v) is 8.43. The normalized spacial score (nSPS) is 32.5. The monoisotopic (exact) mass is 154 g/mol. The van der Waals surface area contributed by atoms with Crippen LogP contribution in [-0.4, -0.2) is 0 Å². The molecule has 0 aliphatic heterocycles. The molecule has 0 radical (unpaired) electrons. The Kier molecular flexibility index (Phi) is 2.98. The molecule has 0 aromatic heterocycles. The van der Waals surface area contributed by atoms with Crippen molar-refractivity contribution >= 4 is 0 Å². The van der Waals surface area contributed by atoms with Gasteiger partial charge in [-0.3, -0.25) is 0 Å². The van der Waals surface area contributed by atoms with Crippen molar-refractivity contribution in [2.75, 3.05) is 0 Å². The van der Waals surface area contributed by atoms with Gasteiger partial charge in [0.05, 0.1) is 0 Å². The van der Waals surface area contributed by atoms with Crippen molar-refractivity contribution in [2.24, 2.45) is 23.7 Å². The molecule has 0 nitrogen and oxygen atoms in total. The second-order valence-electron chi connectivity index (χ2n) is 4.62. The molecule has 0 amide bonds. The summed E-state index contributed by atoms with van der Waals surface area (Å²) in [5.74, 6) is 4.02. The summed E-state index contributed by atoms with van der Waals surface area (Å²) in [5.41, 5.74) is 0. The Balaban J connectivity index is 2.21. The van der Waals surface area contributed by atoms with Crippen LogP contribution < -0.4 is 0 Å². The standard InChI is InChI=1S/C11H22/c1-5-10(8(2)3)7-11-6-9(11)4/h8-11H,5-7H2,1-4H3. The third-order valence-electron chi connectivity index (χ3n) is 3.35. The molecule has 11 heavy (non-hydrogen) atoms. The zero-order valence-electron chi connectivity index (χ0n) is 8.43. The summed E-state index contributed by atoms with van der Waals surface area (Å²) < 4.78 is 0. The molecule has 1 fully saturated rings. The maximum absolute atomic E-state index is 2.39. The molecule has 0 spiro atoms. The maximum Gasteiger partial charge on any atom is -0.0383 e. The Hall–Kier alpha value is 0. The molecule has 0 aromatic carbocycles.